The number of hydrogen-bond donors (Lipinski definition) is 2. The van der Waals surface area contributed by atoms with Crippen LogP contribution in [-0.4, -0.2) is 23.0 Å². The molecule has 4 nitrogen and oxygen atoms in total. The van der Waals surface area contributed by atoms with Crippen LogP contribution in [0.5, 0.6) is 0 Å². The number of carbonyl (C=O) groups excluding carboxylic acids is 1. The summed E-state index contributed by atoms with van der Waals surface area (Å²) in [5, 5.41) is 11.1. The molecule has 1 saturated heterocycles. The first-order valence-corrected chi connectivity index (χ1v) is 4.19. The lowest BCUT2D eigenvalue weighted by atomic mass is 10.1. The molecule has 1 aliphatic rings. The summed E-state index contributed by atoms with van der Waals surface area (Å²) in [6.45, 7) is 0. The molecule has 0 aliphatic carbocycles. The van der Waals surface area contributed by atoms with Crippen LogP contribution < -0.4 is 5.32 Å². The molecule has 2 N–H and O–H groups in total. The second kappa shape index (κ2) is 4.09. The molecule has 0 aromatic heterocycles. The molecule has 0 aromatic carbocycles. The second-order valence-corrected chi connectivity index (χ2v) is 3.09. The van der Waals surface area contributed by atoms with Gasteiger partial charge >= 0.3 is 5.97 Å². The van der Waals surface area contributed by atoms with Crippen LogP contribution in [0.25, 0.3) is 0 Å². The lowest BCUT2D eigenvalue weighted by Gasteiger charge is -2.07. The summed E-state index contributed by atoms with van der Waals surface area (Å²) in [6.07, 6.45) is 3.10. The molecule has 4 heteroatoms. The number of nitrogens with one attached hydrogen (secondary N) is 1. The van der Waals surface area contributed by atoms with Crippen molar-refractivity contribution in [1.29, 1.82) is 0 Å². The van der Waals surface area contributed by atoms with Crippen molar-refractivity contribution < 1.29 is 14.7 Å². The third-order valence-corrected chi connectivity index (χ3v) is 2.03. The third kappa shape index (κ3) is 2.90. The van der Waals surface area contributed by atoms with Gasteiger partial charge in [0.15, 0.2) is 0 Å². The Morgan fingerprint density at radius 2 is 2.42 bits per heavy atom. The Balaban J connectivity index is 2.08. The number of hydrogen-bond acceptors (Lipinski definition) is 2. The van der Waals surface area contributed by atoms with Crippen LogP contribution in [0.1, 0.15) is 32.1 Å². The molecule has 0 radical (unpaired) electrons. The van der Waals surface area contributed by atoms with Gasteiger partial charge in [0.1, 0.15) is 0 Å². The maximum atomic E-state index is 10.7. The number of amides is 1. The average molecular weight is 171 g/mol. The molecule has 1 unspecified atom stereocenters. The highest BCUT2D eigenvalue weighted by atomic mass is 16.4. The van der Waals surface area contributed by atoms with E-state index in [0.29, 0.717) is 12.8 Å². The largest absolute Gasteiger partial charge is 0.481 e. The molecule has 1 fully saturated rings. The van der Waals surface area contributed by atoms with E-state index in [1.165, 1.54) is 0 Å². The number of carboxylic acids is 1. The Hall–Kier alpha value is -1.06. The molecule has 0 saturated carbocycles. The van der Waals surface area contributed by atoms with Gasteiger partial charge in [-0.05, 0) is 19.3 Å². The number of carbonyl (C=O) groups is 2. The maximum absolute atomic E-state index is 10.7. The van der Waals surface area contributed by atoms with Crippen LogP contribution in [0.15, 0.2) is 0 Å². The fourth-order valence-corrected chi connectivity index (χ4v) is 1.39. The summed E-state index contributed by atoms with van der Waals surface area (Å²) in [5.74, 6) is -0.672. The van der Waals surface area contributed by atoms with Crippen molar-refractivity contribution in [2.24, 2.45) is 0 Å². The summed E-state index contributed by atoms with van der Waals surface area (Å²) < 4.78 is 0. The topological polar surface area (TPSA) is 66.4 Å². The Labute approximate surface area is 71.0 Å². The number of carboxylic acid groups (broad SMARTS) is 1. The molecule has 1 amide bonds. The van der Waals surface area contributed by atoms with E-state index in [-0.39, 0.29) is 18.4 Å². The van der Waals surface area contributed by atoms with E-state index in [0.717, 1.165) is 12.8 Å². The maximum Gasteiger partial charge on any atom is 0.303 e. The molecule has 0 spiro atoms. The first-order valence-electron chi connectivity index (χ1n) is 4.19. The molecule has 68 valence electrons. The van der Waals surface area contributed by atoms with Gasteiger partial charge in [-0.2, -0.15) is 0 Å². The van der Waals surface area contributed by atoms with E-state index in [1.54, 1.807) is 0 Å². The summed E-state index contributed by atoms with van der Waals surface area (Å²) in [6, 6.07) is 0.219. The average Bonchev–Trinajstić information content (AvgIpc) is 2.35. The van der Waals surface area contributed by atoms with Gasteiger partial charge in [0, 0.05) is 18.9 Å². The molecule has 1 aliphatic heterocycles. The predicted octanol–water partition coefficient (Wildman–Crippen LogP) is 0.520. The van der Waals surface area contributed by atoms with Crippen LogP contribution in [0.2, 0.25) is 0 Å². The lowest BCUT2D eigenvalue weighted by Crippen LogP contribution is -2.25. The van der Waals surface area contributed by atoms with Gasteiger partial charge in [0.25, 0.3) is 0 Å². The monoisotopic (exact) mass is 171 g/mol. The van der Waals surface area contributed by atoms with Crippen LogP contribution in [0, 0.1) is 0 Å². The zero-order valence-electron chi connectivity index (χ0n) is 6.88. The fourth-order valence-electron chi connectivity index (χ4n) is 1.39. The normalized spacial score (nSPS) is 22.3. The van der Waals surface area contributed by atoms with Crippen molar-refractivity contribution in [3.8, 4) is 0 Å². The summed E-state index contributed by atoms with van der Waals surface area (Å²) >= 11 is 0. The van der Waals surface area contributed by atoms with E-state index in [2.05, 4.69) is 5.32 Å². The fraction of sp³-hybridized carbons (Fsp3) is 0.750. The van der Waals surface area contributed by atoms with Crippen molar-refractivity contribution in [3.05, 3.63) is 0 Å². The molecule has 0 aromatic rings. The Kier molecular flexibility index (Phi) is 3.08. The van der Waals surface area contributed by atoms with Crippen molar-refractivity contribution in [3.63, 3.8) is 0 Å². The number of aliphatic carboxylic acids is 1. The van der Waals surface area contributed by atoms with E-state index in [9.17, 15) is 9.59 Å². The molecule has 1 atom stereocenters. The van der Waals surface area contributed by atoms with Crippen molar-refractivity contribution in [1.82, 2.24) is 5.32 Å². The van der Waals surface area contributed by atoms with E-state index < -0.39 is 5.97 Å². The predicted molar refractivity (Wildman–Crippen MR) is 42.7 cm³/mol. The SMILES string of the molecule is O=C(O)CCCC1CCC(=O)N1. The zero-order chi connectivity index (χ0) is 8.97. The van der Waals surface area contributed by atoms with Crippen LogP contribution in [-0.2, 0) is 9.59 Å². The van der Waals surface area contributed by atoms with Crippen molar-refractivity contribution >= 4 is 11.9 Å². The Morgan fingerprint density at radius 3 is 2.92 bits per heavy atom. The molecule has 0 bridgehead atoms. The molecule has 1 rings (SSSR count). The summed E-state index contributed by atoms with van der Waals surface area (Å²) in [5.41, 5.74) is 0. The molecular formula is C8H13NO3. The van der Waals surface area contributed by atoms with Gasteiger partial charge in [-0.25, -0.2) is 0 Å². The highest BCUT2D eigenvalue weighted by molar-refractivity contribution is 5.78. The third-order valence-electron chi connectivity index (χ3n) is 2.03. The minimum absolute atomic E-state index is 0.0929. The van der Waals surface area contributed by atoms with E-state index in [1.807, 2.05) is 0 Å². The first-order chi connectivity index (χ1) is 5.68. The summed E-state index contributed by atoms with van der Waals surface area (Å²) in [4.78, 5) is 20.9. The van der Waals surface area contributed by atoms with Gasteiger partial charge in [0.05, 0.1) is 0 Å². The first kappa shape index (κ1) is 9.03. The second-order valence-electron chi connectivity index (χ2n) is 3.09. The van der Waals surface area contributed by atoms with Crippen LogP contribution in [0.3, 0.4) is 0 Å². The lowest BCUT2D eigenvalue weighted by molar-refractivity contribution is -0.137. The van der Waals surface area contributed by atoms with E-state index >= 15 is 0 Å². The van der Waals surface area contributed by atoms with Gasteiger partial charge < -0.3 is 10.4 Å². The van der Waals surface area contributed by atoms with Crippen LogP contribution >= 0.6 is 0 Å². The van der Waals surface area contributed by atoms with Crippen molar-refractivity contribution in [2.45, 2.75) is 38.1 Å². The van der Waals surface area contributed by atoms with Gasteiger partial charge in [0.2, 0.25) is 5.91 Å². The Morgan fingerprint density at radius 1 is 1.67 bits per heavy atom. The standard InChI is InChI=1S/C8H13NO3/c10-7-5-4-6(9-7)2-1-3-8(11)12/h6H,1-5H2,(H,9,10)(H,11,12). The van der Waals surface area contributed by atoms with Gasteiger partial charge in [-0.15, -0.1) is 0 Å². The molecule has 12 heavy (non-hydrogen) atoms. The minimum Gasteiger partial charge on any atom is -0.481 e. The quantitative estimate of drug-likeness (QED) is 0.648. The molecule has 1 heterocycles. The minimum atomic E-state index is -0.765. The van der Waals surface area contributed by atoms with Crippen LogP contribution in [0.4, 0.5) is 0 Å². The van der Waals surface area contributed by atoms with Crippen molar-refractivity contribution in [2.75, 3.05) is 0 Å². The van der Waals surface area contributed by atoms with Gasteiger partial charge in [-0.3, -0.25) is 9.59 Å². The summed E-state index contributed by atoms with van der Waals surface area (Å²) in [7, 11) is 0. The van der Waals surface area contributed by atoms with E-state index in [4.69, 9.17) is 5.11 Å². The molecular weight excluding hydrogens is 158 g/mol. The smallest absolute Gasteiger partial charge is 0.303 e. The highest BCUT2D eigenvalue weighted by Gasteiger charge is 2.19. The number of rotatable bonds is 4. The Bertz CT molecular complexity index is 191. The van der Waals surface area contributed by atoms with Gasteiger partial charge in [-0.1, -0.05) is 0 Å². The highest BCUT2D eigenvalue weighted by Crippen LogP contribution is 2.12. The zero-order valence-corrected chi connectivity index (χ0v) is 6.88.